The second-order valence-corrected chi connectivity index (χ2v) is 14.2. The Balaban J connectivity index is 0.945. The van der Waals surface area contributed by atoms with Gasteiger partial charge in [-0.2, -0.15) is 0 Å². The normalized spacial score (nSPS) is 13.3. The number of carbonyl (C=O) groups is 2. The van der Waals surface area contributed by atoms with E-state index in [1.165, 1.54) is 4.88 Å². The number of thiophene rings is 1. The molecule has 0 fully saturated rings. The van der Waals surface area contributed by atoms with Crippen LogP contribution >= 0.6 is 22.9 Å². The fourth-order valence-corrected chi connectivity index (χ4v) is 7.39. The lowest BCUT2D eigenvalue weighted by Gasteiger charge is -2.13. The summed E-state index contributed by atoms with van der Waals surface area (Å²) in [6.45, 7) is 7.55. The zero-order valence-corrected chi connectivity index (χ0v) is 31.0. The van der Waals surface area contributed by atoms with Crippen molar-refractivity contribution < 1.29 is 14.0 Å². The number of nitrogens with zero attached hydrogens (tertiary/aromatic N) is 5. The molecule has 1 aromatic carbocycles. The Morgan fingerprint density at radius 2 is 1.67 bits per heavy atom. The summed E-state index contributed by atoms with van der Waals surface area (Å²) in [5, 5.41) is 16.6. The summed E-state index contributed by atoms with van der Waals surface area (Å²) < 4.78 is 7.81. The molecule has 6 rings (SSSR count). The first kappa shape index (κ1) is 36.7. The van der Waals surface area contributed by atoms with Gasteiger partial charge in [-0.1, -0.05) is 48.9 Å². The van der Waals surface area contributed by atoms with E-state index in [9.17, 15) is 9.59 Å². The van der Waals surface area contributed by atoms with Crippen molar-refractivity contribution in [3.63, 3.8) is 0 Å². The fraction of sp³-hybridized carbons (Fsp3) is 0.333. The molecule has 0 aliphatic carbocycles. The monoisotopic (exact) mass is 736 g/mol. The van der Waals surface area contributed by atoms with Crippen LogP contribution in [0.1, 0.15) is 94.0 Å². The number of unbranched alkanes of at least 4 members (excludes halogenated alkanes) is 4. The molecule has 11 nitrogen and oxygen atoms in total. The maximum absolute atomic E-state index is 13.2. The molecule has 52 heavy (non-hydrogen) atoms. The molecule has 0 radical (unpaired) electrons. The number of pyridine rings is 1. The Hall–Kier alpha value is -5.09. The predicted molar refractivity (Wildman–Crippen MR) is 204 cm³/mol. The zero-order chi connectivity index (χ0) is 36.6. The molecule has 0 spiro atoms. The minimum atomic E-state index is -0.500. The van der Waals surface area contributed by atoms with Crippen molar-refractivity contribution in [1.82, 2.24) is 30.4 Å². The SMILES string of the molecule is Cc1sc2c(c1C)C(c1ccc(Cl)cc1)=N[C@@H](CC(=O)NCCCCCCCNC(=O)c1ccc(-c3ccc(C#CCN)nc3)o1)c1nnc(C)n1-2. The highest BCUT2D eigenvalue weighted by molar-refractivity contribution is 7.15. The molecule has 2 amide bonds. The molecule has 0 saturated carbocycles. The summed E-state index contributed by atoms with van der Waals surface area (Å²) in [6.07, 6.45) is 6.45. The van der Waals surface area contributed by atoms with Crippen molar-refractivity contribution in [2.24, 2.45) is 10.7 Å². The van der Waals surface area contributed by atoms with Gasteiger partial charge in [0.15, 0.2) is 11.6 Å². The second-order valence-electron chi connectivity index (χ2n) is 12.6. The number of aliphatic imine (C=N–C) groups is 1. The van der Waals surface area contributed by atoms with E-state index < -0.39 is 6.04 Å². The minimum absolute atomic E-state index is 0.0801. The lowest BCUT2D eigenvalue weighted by molar-refractivity contribution is -0.121. The summed E-state index contributed by atoms with van der Waals surface area (Å²) >= 11 is 7.90. The van der Waals surface area contributed by atoms with E-state index in [0.717, 1.165) is 70.9 Å². The van der Waals surface area contributed by atoms with Crippen molar-refractivity contribution in [1.29, 1.82) is 0 Å². The van der Waals surface area contributed by atoms with Crippen LogP contribution in [0.15, 0.2) is 64.1 Å². The number of nitrogens with one attached hydrogen (secondary N) is 2. The third-order valence-corrected chi connectivity index (χ3v) is 10.3. The molecule has 268 valence electrons. The van der Waals surface area contributed by atoms with Gasteiger partial charge in [-0.25, -0.2) is 4.98 Å². The molecule has 0 unspecified atom stereocenters. The highest BCUT2D eigenvalue weighted by atomic mass is 35.5. The highest BCUT2D eigenvalue weighted by Crippen LogP contribution is 2.39. The maximum atomic E-state index is 13.2. The van der Waals surface area contributed by atoms with E-state index in [0.29, 0.717) is 35.4 Å². The van der Waals surface area contributed by atoms with Gasteiger partial charge in [-0.15, -0.1) is 21.5 Å². The van der Waals surface area contributed by atoms with Crippen molar-refractivity contribution in [2.45, 2.75) is 65.3 Å². The first-order valence-corrected chi connectivity index (χ1v) is 18.6. The van der Waals surface area contributed by atoms with E-state index in [1.54, 1.807) is 35.7 Å². The molecule has 0 saturated heterocycles. The van der Waals surface area contributed by atoms with E-state index >= 15 is 0 Å². The number of carbonyl (C=O) groups excluding carboxylic acids is 2. The average Bonchev–Trinajstić information content (AvgIpc) is 3.84. The summed E-state index contributed by atoms with van der Waals surface area (Å²) in [5.41, 5.74) is 10.7. The van der Waals surface area contributed by atoms with Crippen LogP contribution < -0.4 is 16.4 Å². The topological polar surface area (TPSA) is 153 Å². The number of aryl methyl sites for hydroxylation is 2. The lowest BCUT2D eigenvalue weighted by atomic mass is 9.99. The molecule has 4 N–H and O–H groups in total. The number of hydrogen-bond donors (Lipinski definition) is 3. The van der Waals surface area contributed by atoms with Gasteiger partial charge in [-0.05, 0) is 81.5 Å². The minimum Gasteiger partial charge on any atom is -0.451 e. The van der Waals surface area contributed by atoms with Gasteiger partial charge < -0.3 is 20.8 Å². The van der Waals surface area contributed by atoms with E-state index in [2.05, 4.69) is 56.1 Å². The van der Waals surface area contributed by atoms with Crippen LogP contribution in [0.4, 0.5) is 0 Å². The van der Waals surface area contributed by atoms with Gasteiger partial charge in [-0.3, -0.25) is 19.1 Å². The molecular weight excluding hydrogens is 696 g/mol. The van der Waals surface area contributed by atoms with Crippen LogP contribution in [0.5, 0.6) is 0 Å². The quantitative estimate of drug-likeness (QED) is 0.0904. The molecule has 1 aliphatic heterocycles. The Bertz CT molecular complexity index is 2140. The van der Waals surface area contributed by atoms with Gasteiger partial charge in [0.05, 0.1) is 18.7 Å². The number of hydrogen-bond acceptors (Lipinski definition) is 9. The number of fused-ring (bicyclic) bond motifs is 3. The summed E-state index contributed by atoms with van der Waals surface area (Å²) in [6, 6.07) is 14.2. The Morgan fingerprint density at radius 3 is 2.40 bits per heavy atom. The van der Waals surface area contributed by atoms with Crippen LogP contribution in [0.2, 0.25) is 5.02 Å². The molecule has 5 aromatic rings. The summed E-state index contributed by atoms with van der Waals surface area (Å²) in [5.74, 6) is 7.56. The number of halogens is 1. The summed E-state index contributed by atoms with van der Waals surface area (Å²) in [7, 11) is 0. The highest BCUT2D eigenvalue weighted by Gasteiger charge is 2.32. The van der Waals surface area contributed by atoms with Gasteiger partial charge in [0.25, 0.3) is 5.91 Å². The fourth-order valence-electron chi connectivity index (χ4n) is 6.05. The molecule has 5 heterocycles. The Labute approximate surface area is 312 Å². The van der Waals surface area contributed by atoms with Gasteiger partial charge in [0.2, 0.25) is 5.91 Å². The first-order valence-electron chi connectivity index (χ1n) is 17.4. The second kappa shape index (κ2) is 17.0. The number of amides is 2. The van der Waals surface area contributed by atoms with Crippen molar-refractivity contribution in [2.75, 3.05) is 19.6 Å². The van der Waals surface area contributed by atoms with E-state index in [4.69, 9.17) is 26.7 Å². The Morgan fingerprint density at radius 1 is 0.942 bits per heavy atom. The molecule has 1 aliphatic rings. The number of aromatic nitrogens is 4. The maximum Gasteiger partial charge on any atom is 0.287 e. The number of nitrogens with two attached hydrogens (primary N) is 1. The van der Waals surface area contributed by atoms with Crippen molar-refractivity contribution in [3.05, 3.63) is 104 Å². The van der Waals surface area contributed by atoms with Gasteiger partial charge in [0.1, 0.15) is 28.3 Å². The average molecular weight is 737 g/mol. The molecular formula is C39H41ClN8O3S. The van der Waals surface area contributed by atoms with E-state index in [-0.39, 0.29) is 30.5 Å². The van der Waals surface area contributed by atoms with Crippen LogP contribution in [-0.2, 0) is 4.79 Å². The first-order chi connectivity index (χ1) is 25.2. The number of furan rings is 1. The zero-order valence-electron chi connectivity index (χ0n) is 29.5. The van der Waals surface area contributed by atoms with Crippen LogP contribution in [0.25, 0.3) is 16.3 Å². The lowest BCUT2D eigenvalue weighted by Crippen LogP contribution is -2.26. The molecule has 4 aromatic heterocycles. The van der Waals surface area contributed by atoms with Gasteiger partial charge >= 0.3 is 0 Å². The molecule has 13 heteroatoms. The van der Waals surface area contributed by atoms with Crippen molar-refractivity contribution >= 4 is 40.5 Å². The Kier molecular flexibility index (Phi) is 12.0. The number of rotatable bonds is 13. The van der Waals surface area contributed by atoms with Crippen molar-refractivity contribution in [3.8, 4) is 28.2 Å². The molecule has 0 bridgehead atoms. The third kappa shape index (κ3) is 8.50. The van der Waals surface area contributed by atoms with Crippen LogP contribution in [0, 0.1) is 32.6 Å². The van der Waals surface area contributed by atoms with Crippen LogP contribution in [-0.4, -0.2) is 56.9 Å². The van der Waals surface area contributed by atoms with Crippen LogP contribution in [0.3, 0.4) is 0 Å². The predicted octanol–water partition coefficient (Wildman–Crippen LogP) is 6.65. The largest absolute Gasteiger partial charge is 0.451 e. The molecule has 1 atom stereocenters. The standard InChI is InChI=1S/C39H41ClN8O3S/c1-24-25(2)52-39-35(24)36(27-11-14-29(40)15-12-27)45-31(37-47-46-26(3)48(37)39)22-34(49)42-20-7-5-4-6-8-21-43-38(50)33-18-17-32(51-33)28-13-16-30(44-23-28)10-9-19-41/h11-18,23,31H,4-8,19-22,41H2,1-3H3,(H,42,49)(H,43,50)/t31-/m0/s1. The summed E-state index contributed by atoms with van der Waals surface area (Å²) in [4.78, 5) is 36.5. The van der Waals surface area contributed by atoms with E-state index in [1.807, 2.05) is 37.3 Å². The smallest absolute Gasteiger partial charge is 0.287 e. The number of benzene rings is 1. The van der Waals surface area contributed by atoms with Gasteiger partial charge in [0, 0.05) is 45.9 Å². The third-order valence-electron chi connectivity index (χ3n) is 8.89.